The highest BCUT2D eigenvalue weighted by molar-refractivity contribution is 5.75. The van der Waals surface area contributed by atoms with Crippen molar-refractivity contribution in [3.05, 3.63) is 0 Å². The monoisotopic (exact) mass is 227 g/mol. The van der Waals surface area contributed by atoms with E-state index in [9.17, 15) is 4.79 Å². The van der Waals surface area contributed by atoms with Gasteiger partial charge in [0.05, 0.1) is 0 Å². The Morgan fingerprint density at radius 3 is 2.44 bits per heavy atom. The first-order chi connectivity index (χ1) is 7.83. The molecule has 4 N–H and O–H groups in total. The predicted molar refractivity (Wildman–Crippen MR) is 66.2 cm³/mol. The van der Waals surface area contributed by atoms with Gasteiger partial charge < -0.3 is 16.4 Å². The molecule has 16 heavy (non-hydrogen) atoms. The maximum atomic E-state index is 11.1. The Bertz CT molecular complexity index is 189. The summed E-state index contributed by atoms with van der Waals surface area (Å²) in [4.78, 5) is 11.1. The molecule has 0 aromatic rings. The molecule has 0 radical (unpaired) electrons. The molecule has 94 valence electrons. The number of carbonyl (C=O) groups is 1. The molecular formula is C12H25N3O. The second kappa shape index (κ2) is 8.53. The lowest BCUT2D eigenvalue weighted by Crippen LogP contribution is -2.37. The summed E-state index contributed by atoms with van der Waals surface area (Å²) < 4.78 is 0. The first kappa shape index (κ1) is 13.5. The highest BCUT2D eigenvalue weighted by Gasteiger charge is 2.10. The van der Waals surface area contributed by atoms with Crippen molar-refractivity contribution in [2.75, 3.05) is 19.6 Å². The fourth-order valence-electron chi connectivity index (χ4n) is 2.18. The minimum atomic E-state index is 0.0603. The quantitative estimate of drug-likeness (QED) is 0.464. The van der Waals surface area contributed by atoms with Crippen molar-refractivity contribution < 1.29 is 4.79 Å². The van der Waals surface area contributed by atoms with Gasteiger partial charge in [0.1, 0.15) is 0 Å². The van der Waals surface area contributed by atoms with E-state index in [1.807, 2.05) is 0 Å². The van der Waals surface area contributed by atoms with Crippen LogP contribution in [0.2, 0.25) is 0 Å². The van der Waals surface area contributed by atoms with Gasteiger partial charge in [0, 0.05) is 32.1 Å². The van der Waals surface area contributed by atoms with Crippen molar-refractivity contribution in [1.82, 2.24) is 10.6 Å². The highest BCUT2D eigenvalue weighted by atomic mass is 16.1. The standard InChI is InChI=1S/C12H25N3O/c13-8-7-12(16)15-10-9-14-11-5-3-1-2-4-6-11/h11,14H,1-10,13H2,(H,15,16). The molecular weight excluding hydrogens is 202 g/mol. The Morgan fingerprint density at radius 2 is 1.81 bits per heavy atom. The van der Waals surface area contributed by atoms with E-state index in [1.54, 1.807) is 0 Å². The zero-order valence-corrected chi connectivity index (χ0v) is 10.1. The Morgan fingerprint density at radius 1 is 1.12 bits per heavy atom. The summed E-state index contributed by atoms with van der Waals surface area (Å²) in [6.07, 6.45) is 8.46. The number of amides is 1. The Balaban J connectivity index is 1.99. The molecule has 1 rings (SSSR count). The largest absolute Gasteiger partial charge is 0.355 e. The van der Waals surface area contributed by atoms with Gasteiger partial charge in [-0.05, 0) is 12.8 Å². The molecule has 0 aromatic carbocycles. The third-order valence-corrected chi connectivity index (χ3v) is 3.11. The molecule has 0 aromatic heterocycles. The molecule has 4 nitrogen and oxygen atoms in total. The van der Waals surface area contributed by atoms with Gasteiger partial charge in [0.15, 0.2) is 0 Å². The van der Waals surface area contributed by atoms with Gasteiger partial charge in [-0.1, -0.05) is 25.7 Å². The van der Waals surface area contributed by atoms with Gasteiger partial charge in [0.25, 0.3) is 0 Å². The molecule has 0 atom stereocenters. The fourth-order valence-corrected chi connectivity index (χ4v) is 2.18. The zero-order chi connectivity index (χ0) is 11.6. The van der Waals surface area contributed by atoms with Crippen LogP contribution in [0.15, 0.2) is 0 Å². The number of nitrogens with two attached hydrogens (primary N) is 1. The third-order valence-electron chi connectivity index (χ3n) is 3.11. The summed E-state index contributed by atoms with van der Waals surface area (Å²) in [6, 6.07) is 0.661. The van der Waals surface area contributed by atoms with Crippen LogP contribution in [-0.4, -0.2) is 31.6 Å². The van der Waals surface area contributed by atoms with Crippen molar-refractivity contribution in [2.45, 2.75) is 51.0 Å². The SMILES string of the molecule is NCCC(=O)NCCNC1CCCCCC1. The predicted octanol–water partition coefficient (Wildman–Crippen LogP) is 0.764. The summed E-state index contributed by atoms with van der Waals surface area (Å²) in [5, 5.41) is 6.37. The number of nitrogens with one attached hydrogen (secondary N) is 2. The highest BCUT2D eigenvalue weighted by Crippen LogP contribution is 2.16. The average Bonchev–Trinajstić information content (AvgIpc) is 2.53. The third kappa shape index (κ3) is 6.08. The number of rotatable bonds is 6. The van der Waals surface area contributed by atoms with Crippen LogP contribution in [0.3, 0.4) is 0 Å². The Labute approximate surface area is 98.3 Å². The van der Waals surface area contributed by atoms with E-state index in [1.165, 1.54) is 38.5 Å². The fraction of sp³-hybridized carbons (Fsp3) is 0.917. The smallest absolute Gasteiger partial charge is 0.221 e. The molecule has 0 spiro atoms. The van der Waals surface area contributed by atoms with Crippen molar-refractivity contribution >= 4 is 5.91 Å². The van der Waals surface area contributed by atoms with Crippen molar-refractivity contribution in [2.24, 2.45) is 5.73 Å². The summed E-state index contributed by atoms with van der Waals surface area (Å²) in [7, 11) is 0. The molecule has 0 aliphatic heterocycles. The van der Waals surface area contributed by atoms with E-state index in [4.69, 9.17) is 5.73 Å². The Kier molecular flexibility index (Phi) is 7.17. The summed E-state index contributed by atoms with van der Waals surface area (Å²) in [5.74, 6) is 0.0603. The van der Waals surface area contributed by atoms with Crippen molar-refractivity contribution in [3.63, 3.8) is 0 Å². The van der Waals surface area contributed by atoms with Crippen LogP contribution in [0.5, 0.6) is 0 Å². The molecule has 0 heterocycles. The van der Waals surface area contributed by atoms with Gasteiger partial charge in [-0.3, -0.25) is 4.79 Å². The van der Waals surface area contributed by atoms with E-state index in [2.05, 4.69) is 10.6 Å². The summed E-state index contributed by atoms with van der Waals surface area (Å²) >= 11 is 0. The minimum Gasteiger partial charge on any atom is -0.355 e. The van der Waals surface area contributed by atoms with Crippen LogP contribution < -0.4 is 16.4 Å². The second-order valence-corrected chi connectivity index (χ2v) is 4.53. The second-order valence-electron chi connectivity index (χ2n) is 4.53. The van der Waals surface area contributed by atoms with Gasteiger partial charge in [-0.15, -0.1) is 0 Å². The number of hydrogen-bond acceptors (Lipinski definition) is 3. The van der Waals surface area contributed by atoms with Crippen LogP contribution in [-0.2, 0) is 4.79 Å². The maximum absolute atomic E-state index is 11.1. The minimum absolute atomic E-state index is 0.0603. The van der Waals surface area contributed by atoms with Gasteiger partial charge >= 0.3 is 0 Å². The molecule has 0 saturated heterocycles. The van der Waals surface area contributed by atoms with Crippen molar-refractivity contribution in [1.29, 1.82) is 0 Å². The van der Waals surface area contributed by atoms with Crippen LogP contribution in [0.4, 0.5) is 0 Å². The molecule has 1 amide bonds. The van der Waals surface area contributed by atoms with E-state index >= 15 is 0 Å². The molecule has 1 aliphatic carbocycles. The van der Waals surface area contributed by atoms with Gasteiger partial charge in [-0.2, -0.15) is 0 Å². The van der Waals surface area contributed by atoms with E-state index < -0.39 is 0 Å². The molecule has 0 bridgehead atoms. The topological polar surface area (TPSA) is 67.2 Å². The summed E-state index contributed by atoms with van der Waals surface area (Å²) in [6.45, 7) is 2.03. The van der Waals surface area contributed by atoms with Gasteiger partial charge in [-0.25, -0.2) is 0 Å². The average molecular weight is 227 g/mol. The molecule has 4 heteroatoms. The summed E-state index contributed by atoms with van der Waals surface area (Å²) in [5.41, 5.74) is 5.29. The van der Waals surface area contributed by atoms with E-state index in [0.717, 1.165) is 13.1 Å². The molecule has 1 fully saturated rings. The zero-order valence-electron chi connectivity index (χ0n) is 10.1. The normalized spacial score (nSPS) is 18.1. The molecule has 1 saturated carbocycles. The first-order valence-electron chi connectivity index (χ1n) is 6.53. The molecule has 0 unspecified atom stereocenters. The lowest BCUT2D eigenvalue weighted by Gasteiger charge is -2.16. The number of carbonyl (C=O) groups excluding carboxylic acids is 1. The van der Waals surface area contributed by atoms with E-state index in [-0.39, 0.29) is 5.91 Å². The van der Waals surface area contributed by atoms with Crippen LogP contribution in [0.1, 0.15) is 44.9 Å². The molecule has 1 aliphatic rings. The Hall–Kier alpha value is -0.610. The lowest BCUT2D eigenvalue weighted by molar-refractivity contribution is -0.120. The van der Waals surface area contributed by atoms with Gasteiger partial charge in [0.2, 0.25) is 5.91 Å². The van der Waals surface area contributed by atoms with Crippen LogP contribution >= 0.6 is 0 Å². The van der Waals surface area contributed by atoms with Crippen LogP contribution in [0.25, 0.3) is 0 Å². The van der Waals surface area contributed by atoms with Crippen molar-refractivity contribution in [3.8, 4) is 0 Å². The van der Waals surface area contributed by atoms with E-state index in [0.29, 0.717) is 19.0 Å². The first-order valence-corrected chi connectivity index (χ1v) is 6.53. The number of hydrogen-bond donors (Lipinski definition) is 3. The maximum Gasteiger partial charge on any atom is 0.221 e. The van der Waals surface area contributed by atoms with Crippen LogP contribution in [0, 0.1) is 0 Å². The lowest BCUT2D eigenvalue weighted by atomic mass is 10.1.